The van der Waals surface area contributed by atoms with Crippen LogP contribution in [-0.4, -0.2) is 157 Å². The zero-order valence-electron chi connectivity index (χ0n) is 47.9. The minimum Gasteiger partial charge on any atom is -0.480 e. The summed E-state index contributed by atoms with van der Waals surface area (Å²) in [5.74, 6) is -9.69. The molecule has 0 saturated heterocycles. The van der Waals surface area contributed by atoms with E-state index in [1.54, 1.807) is 24.6 Å². The molecular weight excluding hydrogens is 1130 g/mol. The second-order valence-electron chi connectivity index (χ2n) is 21.4. The smallest absolute Gasteiger partial charge is 0.480 e. The van der Waals surface area contributed by atoms with Crippen molar-refractivity contribution in [3.05, 3.63) is 89.9 Å². The summed E-state index contributed by atoms with van der Waals surface area (Å²) in [6.07, 6.45) is 0.719. The molecule has 9 amide bonds. The van der Waals surface area contributed by atoms with E-state index in [1.165, 1.54) is 17.1 Å². The minimum absolute atomic E-state index is 0.0366. The molecule has 0 radical (unpaired) electrons. The molecule has 29 heteroatoms. The van der Waals surface area contributed by atoms with E-state index in [1.807, 2.05) is 51.1 Å². The average Bonchev–Trinajstić information content (AvgIpc) is 2.04. The van der Waals surface area contributed by atoms with E-state index in [2.05, 4.69) is 26.6 Å². The average molecular weight is 1210 g/mol. The van der Waals surface area contributed by atoms with Crippen molar-refractivity contribution in [3.63, 3.8) is 0 Å². The molecule has 2 aromatic carbocycles. The molecule has 1 aliphatic rings. The van der Waals surface area contributed by atoms with Gasteiger partial charge in [-0.2, -0.15) is 13.2 Å². The van der Waals surface area contributed by atoms with E-state index in [0.717, 1.165) is 28.7 Å². The third kappa shape index (κ3) is 23.7. The summed E-state index contributed by atoms with van der Waals surface area (Å²) in [5.41, 5.74) is 11.6. The van der Waals surface area contributed by atoms with Gasteiger partial charge < -0.3 is 62.8 Å². The first-order chi connectivity index (χ1) is 39.8. The zero-order valence-corrected chi connectivity index (χ0v) is 47.9. The van der Waals surface area contributed by atoms with E-state index in [-0.39, 0.29) is 88.9 Å². The molecule has 0 fully saturated rings. The predicted molar refractivity (Wildman–Crippen MR) is 297 cm³/mol. The van der Waals surface area contributed by atoms with Crippen LogP contribution in [-0.2, 0) is 49.7 Å². The van der Waals surface area contributed by atoms with Crippen LogP contribution in [0, 0.1) is 23.0 Å². The molecule has 2 heterocycles. The maximum atomic E-state index is 15.1. The van der Waals surface area contributed by atoms with E-state index < -0.39 is 125 Å². The number of nitrogens with zero attached hydrogens (tertiary/aromatic N) is 4. The highest BCUT2D eigenvalue weighted by Gasteiger charge is 2.40. The lowest BCUT2D eigenvalue weighted by Gasteiger charge is -2.40. The van der Waals surface area contributed by atoms with Gasteiger partial charge in [0, 0.05) is 63.1 Å². The molecule has 24 nitrogen and oxygen atoms in total. The molecule has 0 spiro atoms. The van der Waals surface area contributed by atoms with Crippen molar-refractivity contribution in [1.82, 2.24) is 45.9 Å². The molecule has 12 N–H and O–H groups in total. The van der Waals surface area contributed by atoms with Crippen LogP contribution >= 0.6 is 0 Å². The molecular formula is C56H76F5N11O13. The van der Waals surface area contributed by atoms with Crippen molar-refractivity contribution in [2.75, 3.05) is 32.8 Å². The maximum Gasteiger partial charge on any atom is 0.490 e. The molecule has 3 aromatic rings. The summed E-state index contributed by atoms with van der Waals surface area (Å²) < 4.78 is 63.0. The van der Waals surface area contributed by atoms with Gasteiger partial charge in [-0.05, 0) is 86.5 Å². The fourth-order valence-corrected chi connectivity index (χ4v) is 8.83. The highest BCUT2D eigenvalue weighted by Crippen LogP contribution is 2.40. The van der Waals surface area contributed by atoms with Gasteiger partial charge in [0.05, 0.1) is 17.8 Å². The highest BCUT2D eigenvalue weighted by atomic mass is 19.4. The number of alkyl halides is 3. The zero-order chi connectivity index (χ0) is 63.8. The lowest BCUT2D eigenvalue weighted by molar-refractivity contribution is -0.192. The molecule has 0 bridgehead atoms. The number of urea groups is 1. The number of aliphatic hydroxyl groups is 1. The summed E-state index contributed by atoms with van der Waals surface area (Å²) in [6.45, 7) is 8.45. The van der Waals surface area contributed by atoms with Gasteiger partial charge in [-0.25, -0.2) is 28.1 Å². The van der Waals surface area contributed by atoms with E-state index in [0.29, 0.717) is 25.1 Å². The Balaban J connectivity index is 0.00000253. The number of hydrogen-bond donors (Lipinski definition) is 10. The standard InChI is InChI=1S/C54H75F2N11O11.C2HF3O2/c1-33(2)46(64-42(69)19-10-7-13-27-66-43(70)22-23-44(66)71)51(75)62-39(18-14-26-60-53(58)78)50(74)63-40(52(76)77)17-11-12-25-59-49(73)38(57)24-28-67(45(72)32-68)47(54(3,4)5)48-61-41(36-29-35(55)20-21-37(36)56)31-65(48)30-34-15-8-6-9-16-34;3-2(4,5)1(6)7/h6,8-9,15-16,20-23,29,31,33,38-40,46-47,68H,7,10-14,17-19,24-28,30,32,57H2,1-5H3,(H,59,73)(H,62,75)(H,63,74)(H,64,69)(H,76,77)(H3,58,60,78);(H,6,7)/t38?,39?,40-,46+,47?;/m1./s1. The first-order valence-electron chi connectivity index (χ1n) is 27.4. The number of carbonyl (C=O) groups is 10. The van der Waals surface area contributed by atoms with Crippen molar-refractivity contribution in [2.45, 2.75) is 142 Å². The van der Waals surface area contributed by atoms with Gasteiger partial charge >= 0.3 is 24.1 Å². The Labute approximate surface area is 487 Å². The van der Waals surface area contributed by atoms with Crippen LogP contribution in [0.25, 0.3) is 11.3 Å². The molecule has 5 atom stereocenters. The Morgan fingerprint density at radius 3 is 1.94 bits per heavy atom. The number of imidazole rings is 1. The largest absolute Gasteiger partial charge is 0.490 e. The van der Waals surface area contributed by atoms with Crippen molar-refractivity contribution in [3.8, 4) is 11.3 Å². The molecule has 468 valence electrons. The third-order valence-electron chi connectivity index (χ3n) is 13.2. The lowest BCUT2D eigenvalue weighted by atomic mass is 9.84. The fourth-order valence-electron chi connectivity index (χ4n) is 8.83. The van der Waals surface area contributed by atoms with Crippen LogP contribution in [0.4, 0.5) is 26.7 Å². The maximum absolute atomic E-state index is 15.1. The SMILES string of the molecule is CC(C)[C@H](NC(=O)CCCCCN1C(=O)C=CC1=O)C(=O)NC(CCCNC(N)=O)C(=O)N[C@H](CCCCNC(=O)C(N)CCN(C(=O)CO)C(c1nc(-c2cc(F)ccc2F)cn1Cc1ccccc1)C(C)(C)C)C(=O)O.O=C(O)C(F)(F)F. The third-order valence-corrected chi connectivity index (χ3v) is 13.2. The van der Waals surface area contributed by atoms with Crippen molar-refractivity contribution >= 4 is 59.3 Å². The van der Waals surface area contributed by atoms with E-state index >= 15 is 4.39 Å². The molecule has 0 saturated carbocycles. The Morgan fingerprint density at radius 2 is 1.36 bits per heavy atom. The molecule has 1 aliphatic heterocycles. The number of rotatable bonds is 32. The first-order valence-corrected chi connectivity index (χ1v) is 27.4. The van der Waals surface area contributed by atoms with Gasteiger partial charge in [0.15, 0.2) is 0 Å². The van der Waals surface area contributed by atoms with Crippen LogP contribution in [0.3, 0.4) is 0 Å². The topological polar surface area (TPSA) is 368 Å². The number of carboxylic acid groups (broad SMARTS) is 2. The van der Waals surface area contributed by atoms with Crippen molar-refractivity contribution in [2.24, 2.45) is 22.8 Å². The number of aliphatic hydroxyl groups excluding tert-OH is 1. The molecule has 1 aromatic heterocycles. The van der Waals surface area contributed by atoms with Gasteiger partial charge in [-0.1, -0.05) is 71.4 Å². The van der Waals surface area contributed by atoms with Gasteiger partial charge in [-0.3, -0.25) is 38.5 Å². The van der Waals surface area contributed by atoms with Gasteiger partial charge in [0.1, 0.15) is 42.2 Å². The highest BCUT2D eigenvalue weighted by molar-refractivity contribution is 6.12. The van der Waals surface area contributed by atoms with E-state index in [9.17, 15) is 70.9 Å². The van der Waals surface area contributed by atoms with Crippen LogP contribution in [0.1, 0.15) is 116 Å². The second-order valence-corrected chi connectivity index (χ2v) is 21.4. The van der Waals surface area contributed by atoms with Gasteiger partial charge in [0.2, 0.25) is 29.5 Å². The van der Waals surface area contributed by atoms with Crippen LogP contribution in [0.2, 0.25) is 0 Å². The summed E-state index contributed by atoms with van der Waals surface area (Å²) in [6, 6.07) is 5.67. The predicted octanol–water partition coefficient (Wildman–Crippen LogP) is 3.55. The van der Waals surface area contributed by atoms with Crippen LogP contribution in [0.5, 0.6) is 0 Å². The number of hydrogen-bond acceptors (Lipinski definition) is 13. The summed E-state index contributed by atoms with van der Waals surface area (Å²) >= 11 is 0. The van der Waals surface area contributed by atoms with Crippen LogP contribution < -0.4 is 38.1 Å². The second kappa shape index (κ2) is 33.8. The number of carbonyl (C=O) groups excluding carboxylic acids is 8. The normalized spacial score (nSPS) is 14.1. The summed E-state index contributed by atoms with van der Waals surface area (Å²) in [4.78, 5) is 131. The number of imide groups is 1. The number of aromatic nitrogens is 2. The first kappa shape index (κ1) is 70.9. The Morgan fingerprint density at radius 1 is 0.753 bits per heavy atom. The Bertz CT molecular complexity index is 2810. The number of primary amides is 1. The van der Waals surface area contributed by atoms with Crippen LogP contribution in [0.15, 0.2) is 66.9 Å². The summed E-state index contributed by atoms with van der Waals surface area (Å²) in [7, 11) is 0. The van der Waals surface area contributed by atoms with Gasteiger partial charge in [-0.15, -0.1) is 0 Å². The lowest BCUT2D eigenvalue weighted by Crippen LogP contribution is -2.57. The number of amides is 9. The minimum atomic E-state index is -5.08. The number of unbranched alkanes of at least 4 members (excludes halogenated alkanes) is 3. The molecule has 85 heavy (non-hydrogen) atoms. The number of benzene rings is 2. The van der Waals surface area contributed by atoms with Crippen molar-refractivity contribution in [1.29, 1.82) is 0 Å². The molecule has 0 aliphatic carbocycles. The van der Waals surface area contributed by atoms with Gasteiger partial charge in [0.25, 0.3) is 11.8 Å². The van der Waals surface area contributed by atoms with Crippen molar-refractivity contribution < 1.29 is 85.2 Å². The molecule has 3 unspecified atom stereocenters. The summed E-state index contributed by atoms with van der Waals surface area (Å²) in [5, 5.41) is 40.3. The Hall–Kier alpha value is -8.34. The fraction of sp³-hybridized carbons (Fsp3) is 0.518. The number of aliphatic carboxylic acids is 2. The number of carboxylic acids is 2. The quantitative estimate of drug-likeness (QED) is 0.0243. The number of halogens is 5. The number of nitrogens with two attached hydrogens (primary N) is 2. The number of nitrogens with one attached hydrogen (secondary N) is 5. The Kier molecular flexibility index (Phi) is 28.2. The monoisotopic (exact) mass is 1210 g/mol. The van der Waals surface area contributed by atoms with E-state index in [4.69, 9.17) is 26.4 Å². The molecule has 4 rings (SSSR count).